The van der Waals surface area contributed by atoms with Crippen LogP contribution in [-0.2, 0) is 5.54 Å². The smallest absolute Gasteiger partial charge is 0.129 e. The monoisotopic (exact) mass is 640 g/mol. The quantitative estimate of drug-likeness (QED) is 0.173. The maximum atomic E-state index is 6.53. The minimum absolute atomic E-state index is 0.0476. The van der Waals surface area contributed by atoms with Gasteiger partial charge in [-0.15, -0.1) is 0 Å². The van der Waals surface area contributed by atoms with Gasteiger partial charge in [0, 0.05) is 58.3 Å². The Morgan fingerprint density at radius 1 is 0.531 bits per heavy atom. The summed E-state index contributed by atoms with van der Waals surface area (Å²) in [5.41, 5.74) is 10.7. The Morgan fingerprint density at radius 2 is 1.08 bits per heavy atom. The summed E-state index contributed by atoms with van der Waals surface area (Å²) in [4.78, 5) is 9.36. The average molecular weight is 641 g/mol. The zero-order chi connectivity index (χ0) is 33.4. The third-order valence-corrected chi connectivity index (χ3v) is 9.90. The summed E-state index contributed by atoms with van der Waals surface area (Å²) in [6, 6.07) is 53.3. The lowest BCUT2D eigenvalue weighted by Crippen LogP contribution is -2.49. The fourth-order valence-corrected chi connectivity index (χ4v) is 6.98. The third-order valence-electron chi connectivity index (χ3n) is 9.90. The van der Waals surface area contributed by atoms with Crippen LogP contribution in [0.25, 0.3) is 22.3 Å². The van der Waals surface area contributed by atoms with E-state index in [1.807, 2.05) is 12.1 Å². The Balaban J connectivity index is 1.05. The van der Waals surface area contributed by atoms with Crippen LogP contribution in [0.5, 0.6) is 11.5 Å². The van der Waals surface area contributed by atoms with E-state index < -0.39 is 0 Å². The van der Waals surface area contributed by atoms with Gasteiger partial charge in [0.25, 0.3) is 0 Å². The van der Waals surface area contributed by atoms with Crippen molar-refractivity contribution in [3.63, 3.8) is 0 Å². The van der Waals surface area contributed by atoms with Gasteiger partial charge in [-0.2, -0.15) is 0 Å². The number of anilines is 4. The minimum Gasteiger partial charge on any atom is -0.457 e. The highest BCUT2D eigenvalue weighted by molar-refractivity contribution is 5.92. The topological polar surface area (TPSA) is 22.2 Å². The molecule has 0 unspecified atom stereocenters. The number of ether oxygens (including phenoxy) is 1. The molecule has 0 atom stereocenters. The van der Waals surface area contributed by atoms with E-state index in [9.17, 15) is 0 Å². The number of hydrogen-bond acceptors (Lipinski definition) is 5. The summed E-state index contributed by atoms with van der Waals surface area (Å²) < 4.78 is 6.53. The lowest BCUT2D eigenvalue weighted by Gasteiger charge is -2.47. The molecule has 49 heavy (non-hydrogen) atoms. The zero-order valence-corrected chi connectivity index (χ0v) is 28.2. The van der Waals surface area contributed by atoms with Crippen LogP contribution in [0.3, 0.4) is 0 Å². The van der Waals surface area contributed by atoms with E-state index in [1.54, 1.807) is 0 Å². The molecule has 8 rings (SSSR count). The Bertz CT molecular complexity index is 2070. The summed E-state index contributed by atoms with van der Waals surface area (Å²) in [7, 11) is 2.19. The normalized spacial score (nSPS) is 15.4. The van der Waals surface area contributed by atoms with Gasteiger partial charge in [0.15, 0.2) is 0 Å². The number of nitrogens with zero attached hydrogens (tertiary/aromatic N) is 4. The Labute approximate surface area is 289 Å². The van der Waals surface area contributed by atoms with E-state index >= 15 is 0 Å². The summed E-state index contributed by atoms with van der Waals surface area (Å²) >= 11 is 0. The maximum absolute atomic E-state index is 6.53. The first-order valence-corrected chi connectivity index (χ1v) is 16.9. The van der Waals surface area contributed by atoms with Crippen LogP contribution in [0.1, 0.15) is 19.4 Å². The molecule has 2 aliphatic heterocycles. The molecule has 0 saturated carbocycles. The molecule has 0 amide bonds. The molecule has 0 spiro atoms. The van der Waals surface area contributed by atoms with Crippen molar-refractivity contribution in [1.82, 2.24) is 4.90 Å². The molecule has 6 aromatic rings. The molecule has 2 heterocycles. The predicted molar refractivity (Wildman–Crippen MR) is 203 cm³/mol. The van der Waals surface area contributed by atoms with Crippen LogP contribution >= 0.6 is 0 Å². The van der Waals surface area contributed by atoms with Crippen LogP contribution in [0.4, 0.5) is 22.7 Å². The highest BCUT2D eigenvalue weighted by Crippen LogP contribution is 2.44. The van der Waals surface area contributed by atoms with E-state index in [4.69, 9.17) is 4.74 Å². The van der Waals surface area contributed by atoms with Crippen molar-refractivity contribution in [1.29, 1.82) is 0 Å². The van der Waals surface area contributed by atoms with Gasteiger partial charge >= 0.3 is 0 Å². The molecule has 5 heteroatoms. The number of rotatable bonds is 7. The van der Waals surface area contributed by atoms with Crippen molar-refractivity contribution in [2.45, 2.75) is 19.4 Å². The van der Waals surface area contributed by atoms with Crippen molar-refractivity contribution >= 4 is 22.7 Å². The fourth-order valence-electron chi connectivity index (χ4n) is 6.98. The van der Waals surface area contributed by atoms with E-state index in [0.717, 1.165) is 29.5 Å². The van der Waals surface area contributed by atoms with Crippen molar-refractivity contribution in [2.24, 2.45) is 0 Å². The molecular weight excluding hydrogens is 601 g/mol. The molecule has 0 radical (unpaired) electrons. The summed E-state index contributed by atoms with van der Waals surface area (Å²) in [6.07, 6.45) is 4.34. The Morgan fingerprint density at radius 3 is 1.76 bits per heavy atom. The van der Waals surface area contributed by atoms with Crippen LogP contribution in [0, 0.1) is 0 Å². The summed E-state index contributed by atoms with van der Waals surface area (Å²) in [5, 5.41) is 0. The molecular formula is C44H40N4O. The number of para-hydroxylation sites is 2. The molecule has 6 aromatic carbocycles. The zero-order valence-electron chi connectivity index (χ0n) is 28.2. The van der Waals surface area contributed by atoms with Crippen molar-refractivity contribution in [3.05, 3.63) is 170 Å². The van der Waals surface area contributed by atoms with Gasteiger partial charge in [0.2, 0.25) is 0 Å². The SMILES string of the molecule is CN1CN(c2cccc(Oc3cccc(N4C=CN(c5c(-c6ccccc6)cccc5-c5ccccc5)C4)c3)c2)c2ccccc2C1(C)C. The van der Waals surface area contributed by atoms with Gasteiger partial charge in [-0.05, 0) is 67.9 Å². The van der Waals surface area contributed by atoms with E-state index in [1.165, 1.54) is 39.2 Å². The molecule has 0 aliphatic carbocycles. The second-order valence-electron chi connectivity index (χ2n) is 13.3. The summed E-state index contributed by atoms with van der Waals surface area (Å²) in [6.45, 7) is 6.05. The average Bonchev–Trinajstić information content (AvgIpc) is 3.64. The molecule has 2 aliphatic rings. The lowest BCUT2D eigenvalue weighted by molar-refractivity contribution is 0.150. The van der Waals surface area contributed by atoms with Crippen molar-refractivity contribution < 1.29 is 4.74 Å². The second kappa shape index (κ2) is 12.7. The number of fused-ring (bicyclic) bond motifs is 1. The molecule has 5 nitrogen and oxygen atoms in total. The molecule has 0 N–H and O–H groups in total. The first-order chi connectivity index (χ1) is 24.0. The first-order valence-electron chi connectivity index (χ1n) is 16.9. The van der Waals surface area contributed by atoms with Gasteiger partial charge < -0.3 is 19.4 Å². The van der Waals surface area contributed by atoms with Gasteiger partial charge in [0.05, 0.1) is 19.0 Å². The van der Waals surface area contributed by atoms with Gasteiger partial charge in [0.1, 0.15) is 11.5 Å². The number of hydrogen-bond donors (Lipinski definition) is 0. The standard InChI is InChI=1S/C44H40N4O/c1-44(2)41-25-10-11-26-42(41)48(31-45(44)3)36-20-13-22-38(30-36)49-37-21-12-19-35(29-37)46-27-28-47(32-46)43-39(33-15-6-4-7-16-33)23-14-24-40(43)34-17-8-5-9-18-34/h4-30H,31-32H2,1-3H3. The Kier molecular flexibility index (Phi) is 7.90. The first kappa shape index (κ1) is 30.5. The van der Waals surface area contributed by atoms with Gasteiger partial charge in [-0.1, -0.05) is 109 Å². The highest BCUT2D eigenvalue weighted by Gasteiger charge is 2.35. The van der Waals surface area contributed by atoms with Crippen molar-refractivity contribution in [2.75, 3.05) is 35.1 Å². The molecule has 242 valence electrons. The van der Waals surface area contributed by atoms with Crippen LogP contribution in [0.15, 0.2) is 164 Å². The van der Waals surface area contributed by atoms with Crippen LogP contribution < -0.4 is 19.4 Å². The summed E-state index contributed by atoms with van der Waals surface area (Å²) in [5.74, 6) is 1.61. The van der Waals surface area contributed by atoms with Gasteiger partial charge in [-0.3, -0.25) is 4.90 Å². The van der Waals surface area contributed by atoms with Crippen molar-refractivity contribution in [3.8, 4) is 33.8 Å². The molecule has 0 bridgehead atoms. The number of benzene rings is 6. The predicted octanol–water partition coefficient (Wildman–Crippen LogP) is 10.8. The maximum Gasteiger partial charge on any atom is 0.129 e. The minimum atomic E-state index is -0.0476. The van der Waals surface area contributed by atoms with E-state index in [-0.39, 0.29) is 5.54 Å². The molecule has 0 saturated heterocycles. The van der Waals surface area contributed by atoms with Crippen LogP contribution in [0.2, 0.25) is 0 Å². The molecule has 0 fully saturated rings. The highest BCUT2D eigenvalue weighted by atomic mass is 16.5. The van der Waals surface area contributed by atoms with E-state index in [0.29, 0.717) is 6.67 Å². The second-order valence-corrected chi connectivity index (χ2v) is 13.3. The molecule has 0 aromatic heterocycles. The van der Waals surface area contributed by atoms with Crippen LogP contribution in [-0.4, -0.2) is 25.3 Å². The third kappa shape index (κ3) is 5.83. The Hall–Kier alpha value is -5.78. The van der Waals surface area contributed by atoms with Gasteiger partial charge in [-0.25, -0.2) is 0 Å². The lowest BCUT2D eigenvalue weighted by atomic mass is 9.88. The largest absolute Gasteiger partial charge is 0.457 e. The van der Waals surface area contributed by atoms with E-state index in [2.05, 4.69) is 192 Å². The fraction of sp³-hybridized carbons (Fsp3) is 0.136.